The summed E-state index contributed by atoms with van der Waals surface area (Å²) in [5, 5.41) is 0. The van der Waals surface area contributed by atoms with Gasteiger partial charge >= 0.3 is 5.97 Å². The van der Waals surface area contributed by atoms with E-state index in [1.165, 1.54) is 7.11 Å². The molecule has 0 heterocycles. The minimum atomic E-state index is -0.494. The maximum Gasteiger partial charge on any atom is 0.339 e. The summed E-state index contributed by atoms with van der Waals surface area (Å²) in [7, 11) is 1.52. The summed E-state index contributed by atoms with van der Waals surface area (Å²) in [6, 6.07) is 12.9. The lowest BCUT2D eigenvalue weighted by molar-refractivity contribution is 0.0556. The van der Waals surface area contributed by atoms with Gasteiger partial charge in [-0.1, -0.05) is 30.2 Å². The highest BCUT2D eigenvalue weighted by atomic mass is 16.5. The van der Waals surface area contributed by atoms with E-state index in [1.807, 2.05) is 31.2 Å². The number of benzene rings is 2. The largest absolute Gasteiger partial charge is 0.493 e. The lowest BCUT2D eigenvalue weighted by Gasteiger charge is -2.13. The Morgan fingerprint density at radius 1 is 1.17 bits per heavy atom. The zero-order valence-corrected chi connectivity index (χ0v) is 13.2. The number of carbonyl (C=O) groups is 1. The minimum absolute atomic E-state index is 0.0628. The summed E-state index contributed by atoms with van der Waals surface area (Å²) in [5.41, 5.74) is 2.60. The fraction of sp³-hybridized carbons (Fsp3) is 0.211. The van der Waals surface area contributed by atoms with Crippen LogP contribution >= 0.6 is 0 Å². The van der Waals surface area contributed by atoms with Gasteiger partial charge in [0, 0.05) is 0 Å². The van der Waals surface area contributed by atoms with Gasteiger partial charge in [-0.15, -0.1) is 6.42 Å². The Hall–Kier alpha value is -2.93. The second-order valence-corrected chi connectivity index (χ2v) is 4.86. The van der Waals surface area contributed by atoms with Gasteiger partial charge in [-0.2, -0.15) is 0 Å². The predicted molar refractivity (Wildman–Crippen MR) is 87.6 cm³/mol. The van der Waals surface area contributed by atoms with E-state index in [0.29, 0.717) is 23.7 Å². The minimum Gasteiger partial charge on any atom is -0.493 e. The van der Waals surface area contributed by atoms with Crippen molar-refractivity contribution in [2.24, 2.45) is 0 Å². The van der Waals surface area contributed by atoms with Crippen molar-refractivity contribution in [1.82, 2.24) is 0 Å². The average Bonchev–Trinajstić information content (AvgIpc) is 2.58. The fourth-order valence-corrected chi connectivity index (χ4v) is 2.03. The standard InChI is InChI=1S/C19H18O4/c1-4-11-22-19(20)15-9-10-17(18(12-15)21-3)23-13-16-8-6-5-7-14(16)2/h1,5-10,12H,11,13H2,2-3H3. The maximum absolute atomic E-state index is 11.8. The van der Waals surface area contributed by atoms with Crippen molar-refractivity contribution in [3.63, 3.8) is 0 Å². The van der Waals surface area contributed by atoms with Crippen LogP contribution in [0.5, 0.6) is 11.5 Å². The molecule has 0 aromatic heterocycles. The molecular weight excluding hydrogens is 292 g/mol. The molecule has 23 heavy (non-hydrogen) atoms. The molecular formula is C19H18O4. The molecule has 0 saturated heterocycles. The Morgan fingerprint density at radius 3 is 2.65 bits per heavy atom. The van der Waals surface area contributed by atoms with E-state index in [0.717, 1.165) is 11.1 Å². The average molecular weight is 310 g/mol. The molecule has 2 aromatic rings. The van der Waals surface area contributed by atoms with E-state index in [9.17, 15) is 4.79 Å². The number of hydrogen-bond donors (Lipinski definition) is 0. The summed E-state index contributed by atoms with van der Waals surface area (Å²) >= 11 is 0. The Labute approximate surface area is 136 Å². The normalized spacial score (nSPS) is 9.78. The van der Waals surface area contributed by atoms with Crippen LogP contribution in [0, 0.1) is 19.3 Å². The molecule has 0 N–H and O–H groups in total. The molecule has 0 radical (unpaired) electrons. The third-order valence-electron chi connectivity index (χ3n) is 3.33. The SMILES string of the molecule is C#CCOC(=O)c1ccc(OCc2ccccc2C)c(OC)c1. The Morgan fingerprint density at radius 2 is 1.96 bits per heavy atom. The highest BCUT2D eigenvalue weighted by Crippen LogP contribution is 2.29. The fourth-order valence-electron chi connectivity index (χ4n) is 2.03. The molecule has 0 unspecified atom stereocenters. The van der Waals surface area contributed by atoms with E-state index in [4.69, 9.17) is 20.6 Å². The zero-order valence-electron chi connectivity index (χ0n) is 13.2. The number of carbonyl (C=O) groups excluding carboxylic acids is 1. The number of terminal acetylenes is 1. The highest BCUT2D eigenvalue weighted by molar-refractivity contribution is 5.90. The van der Waals surface area contributed by atoms with Crippen molar-refractivity contribution >= 4 is 5.97 Å². The molecule has 0 bridgehead atoms. The summed E-state index contributed by atoms with van der Waals surface area (Å²) in [5.74, 6) is 2.79. The molecule has 0 spiro atoms. The zero-order chi connectivity index (χ0) is 16.7. The van der Waals surface area contributed by atoms with E-state index in [2.05, 4.69) is 5.92 Å². The quantitative estimate of drug-likeness (QED) is 0.606. The number of esters is 1. The Bertz CT molecular complexity index is 728. The molecule has 0 fully saturated rings. The second kappa shape index (κ2) is 7.90. The molecule has 0 saturated carbocycles. The Balaban J connectivity index is 2.12. The topological polar surface area (TPSA) is 44.8 Å². The molecule has 0 aliphatic carbocycles. The molecule has 118 valence electrons. The number of aryl methyl sites for hydroxylation is 1. The van der Waals surface area contributed by atoms with Crippen LogP contribution in [0.15, 0.2) is 42.5 Å². The predicted octanol–water partition coefficient (Wildman–Crippen LogP) is 3.37. The van der Waals surface area contributed by atoms with Crippen molar-refractivity contribution in [3.05, 3.63) is 59.2 Å². The van der Waals surface area contributed by atoms with Crippen molar-refractivity contribution in [2.75, 3.05) is 13.7 Å². The monoisotopic (exact) mass is 310 g/mol. The number of ether oxygens (including phenoxy) is 3. The van der Waals surface area contributed by atoms with Crippen LogP contribution in [0.25, 0.3) is 0 Å². The summed E-state index contributed by atoms with van der Waals surface area (Å²) in [6.45, 7) is 2.39. The van der Waals surface area contributed by atoms with E-state index in [1.54, 1.807) is 18.2 Å². The molecule has 4 nitrogen and oxygen atoms in total. The Kier molecular flexibility index (Phi) is 5.65. The first-order chi connectivity index (χ1) is 11.2. The van der Waals surface area contributed by atoms with Gasteiger partial charge in [0.15, 0.2) is 18.1 Å². The number of hydrogen-bond acceptors (Lipinski definition) is 4. The van der Waals surface area contributed by atoms with Gasteiger partial charge in [0.05, 0.1) is 12.7 Å². The summed E-state index contributed by atoms with van der Waals surface area (Å²) in [4.78, 5) is 11.8. The van der Waals surface area contributed by atoms with Crippen LogP contribution in [-0.2, 0) is 11.3 Å². The van der Waals surface area contributed by atoms with Crippen LogP contribution in [-0.4, -0.2) is 19.7 Å². The van der Waals surface area contributed by atoms with Crippen molar-refractivity contribution in [2.45, 2.75) is 13.5 Å². The van der Waals surface area contributed by atoms with Gasteiger partial charge in [-0.3, -0.25) is 0 Å². The smallest absolute Gasteiger partial charge is 0.339 e. The van der Waals surface area contributed by atoms with Crippen molar-refractivity contribution < 1.29 is 19.0 Å². The van der Waals surface area contributed by atoms with E-state index >= 15 is 0 Å². The van der Waals surface area contributed by atoms with Gasteiger partial charge in [-0.05, 0) is 36.2 Å². The van der Waals surface area contributed by atoms with Gasteiger partial charge < -0.3 is 14.2 Å². The summed E-state index contributed by atoms with van der Waals surface area (Å²) in [6.07, 6.45) is 5.07. The molecule has 0 aliphatic heterocycles. The molecule has 2 rings (SSSR count). The molecule has 0 atom stereocenters. The first-order valence-corrected chi connectivity index (χ1v) is 7.11. The lowest BCUT2D eigenvalue weighted by atomic mass is 10.1. The molecule has 2 aromatic carbocycles. The van der Waals surface area contributed by atoms with E-state index in [-0.39, 0.29) is 6.61 Å². The number of methoxy groups -OCH3 is 1. The highest BCUT2D eigenvalue weighted by Gasteiger charge is 2.12. The van der Waals surface area contributed by atoms with Crippen LogP contribution < -0.4 is 9.47 Å². The first kappa shape index (κ1) is 16.4. The van der Waals surface area contributed by atoms with Crippen molar-refractivity contribution in [1.29, 1.82) is 0 Å². The van der Waals surface area contributed by atoms with Crippen LogP contribution in [0.2, 0.25) is 0 Å². The molecule has 0 amide bonds. The van der Waals surface area contributed by atoms with Crippen LogP contribution in [0.1, 0.15) is 21.5 Å². The lowest BCUT2D eigenvalue weighted by Crippen LogP contribution is -2.06. The maximum atomic E-state index is 11.8. The van der Waals surface area contributed by atoms with E-state index < -0.39 is 5.97 Å². The summed E-state index contributed by atoms with van der Waals surface area (Å²) < 4.78 is 16.0. The van der Waals surface area contributed by atoms with Gasteiger partial charge in [0.25, 0.3) is 0 Å². The second-order valence-electron chi connectivity index (χ2n) is 4.86. The van der Waals surface area contributed by atoms with Crippen LogP contribution in [0.3, 0.4) is 0 Å². The van der Waals surface area contributed by atoms with Gasteiger partial charge in [-0.25, -0.2) is 4.79 Å². The van der Waals surface area contributed by atoms with Gasteiger partial charge in [0.1, 0.15) is 6.61 Å². The van der Waals surface area contributed by atoms with Crippen molar-refractivity contribution in [3.8, 4) is 23.8 Å². The van der Waals surface area contributed by atoms with Gasteiger partial charge in [0.2, 0.25) is 0 Å². The molecule has 4 heteroatoms. The number of rotatable bonds is 6. The third kappa shape index (κ3) is 4.27. The first-order valence-electron chi connectivity index (χ1n) is 7.11. The van der Waals surface area contributed by atoms with Crippen LogP contribution in [0.4, 0.5) is 0 Å². The third-order valence-corrected chi connectivity index (χ3v) is 3.33. The molecule has 0 aliphatic rings.